The Kier molecular flexibility index (Phi) is 36.0. The van der Waals surface area contributed by atoms with E-state index in [0.717, 1.165) is 38.5 Å². The molecule has 10 heteroatoms. The van der Waals surface area contributed by atoms with Gasteiger partial charge in [-0.1, -0.05) is 181 Å². The van der Waals surface area contributed by atoms with Gasteiger partial charge in [0.15, 0.2) is 6.10 Å². The lowest BCUT2D eigenvalue weighted by molar-refractivity contribution is -0.161. The van der Waals surface area contributed by atoms with Crippen molar-refractivity contribution in [2.75, 3.05) is 26.4 Å². The molecule has 292 valence electrons. The summed E-state index contributed by atoms with van der Waals surface area (Å²) in [5.41, 5.74) is 5.32. The monoisotopic (exact) mass is 720 g/mol. The Labute approximate surface area is 301 Å². The molecule has 0 aliphatic carbocycles. The molecular formula is C39H78NO8P. The summed E-state index contributed by atoms with van der Waals surface area (Å²) in [7, 11) is -4.36. The Balaban J connectivity index is 3.93. The number of hydrogen-bond donors (Lipinski definition) is 2. The third kappa shape index (κ3) is 36.6. The van der Waals surface area contributed by atoms with Crippen LogP contribution in [0.4, 0.5) is 0 Å². The van der Waals surface area contributed by atoms with Crippen LogP contribution in [0.3, 0.4) is 0 Å². The van der Waals surface area contributed by atoms with E-state index in [9.17, 15) is 19.0 Å². The summed E-state index contributed by atoms with van der Waals surface area (Å²) in [4.78, 5) is 34.5. The molecule has 2 atom stereocenters. The molecule has 9 nitrogen and oxygen atoms in total. The maximum absolute atomic E-state index is 12.5. The highest BCUT2D eigenvalue weighted by Crippen LogP contribution is 2.43. The number of nitrogens with two attached hydrogens (primary N) is 1. The summed E-state index contributed by atoms with van der Waals surface area (Å²) in [6.45, 7) is 3.69. The fourth-order valence-electron chi connectivity index (χ4n) is 5.93. The van der Waals surface area contributed by atoms with Crippen LogP contribution in [0.15, 0.2) is 0 Å². The first-order chi connectivity index (χ1) is 23.8. The highest BCUT2D eigenvalue weighted by molar-refractivity contribution is 7.47. The molecule has 0 aromatic heterocycles. The zero-order valence-electron chi connectivity index (χ0n) is 31.9. The molecule has 0 amide bonds. The molecule has 0 aliphatic rings. The first-order valence-corrected chi connectivity index (χ1v) is 22.0. The molecule has 0 heterocycles. The smallest absolute Gasteiger partial charge is 0.462 e. The van der Waals surface area contributed by atoms with Crippen molar-refractivity contribution in [3.63, 3.8) is 0 Å². The van der Waals surface area contributed by atoms with E-state index in [1.54, 1.807) is 0 Å². The highest BCUT2D eigenvalue weighted by Gasteiger charge is 2.26. The minimum absolute atomic E-state index is 0.0575. The van der Waals surface area contributed by atoms with Crippen LogP contribution in [0.5, 0.6) is 0 Å². The third-order valence-corrected chi connectivity index (χ3v) is 9.98. The van der Waals surface area contributed by atoms with E-state index in [0.29, 0.717) is 6.42 Å². The van der Waals surface area contributed by atoms with Crippen LogP contribution in [-0.4, -0.2) is 49.3 Å². The van der Waals surface area contributed by atoms with Gasteiger partial charge >= 0.3 is 19.8 Å². The number of esters is 2. The normalized spacial score (nSPS) is 13.3. The van der Waals surface area contributed by atoms with E-state index in [1.165, 1.54) is 135 Å². The fraction of sp³-hybridized carbons (Fsp3) is 0.949. The second-order valence-corrected chi connectivity index (χ2v) is 15.3. The van der Waals surface area contributed by atoms with E-state index in [4.69, 9.17) is 24.3 Å². The van der Waals surface area contributed by atoms with E-state index < -0.39 is 26.5 Å². The van der Waals surface area contributed by atoms with Crippen LogP contribution in [0, 0.1) is 0 Å². The number of ether oxygens (including phenoxy) is 2. The number of rotatable bonds is 39. The minimum atomic E-state index is -4.36. The van der Waals surface area contributed by atoms with Crippen molar-refractivity contribution < 1.29 is 37.6 Å². The molecule has 3 N–H and O–H groups in total. The first kappa shape index (κ1) is 48.0. The van der Waals surface area contributed by atoms with Crippen LogP contribution in [-0.2, 0) is 32.7 Å². The second kappa shape index (κ2) is 36.8. The van der Waals surface area contributed by atoms with Gasteiger partial charge in [0.25, 0.3) is 0 Å². The molecule has 0 saturated heterocycles. The van der Waals surface area contributed by atoms with Crippen molar-refractivity contribution in [1.29, 1.82) is 0 Å². The van der Waals surface area contributed by atoms with Crippen molar-refractivity contribution in [2.45, 2.75) is 213 Å². The number of unbranched alkanes of at least 4 members (excludes halogenated alkanes) is 26. The van der Waals surface area contributed by atoms with Gasteiger partial charge in [-0.3, -0.25) is 18.6 Å². The summed E-state index contributed by atoms with van der Waals surface area (Å²) < 4.78 is 32.5. The van der Waals surface area contributed by atoms with Crippen LogP contribution in [0.1, 0.15) is 206 Å². The van der Waals surface area contributed by atoms with Crippen molar-refractivity contribution in [3.05, 3.63) is 0 Å². The number of phosphoric ester groups is 1. The Bertz CT molecular complexity index is 784. The largest absolute Gasteiger partial charge is 0.472 e. The molecule has 0 fully saturated rings. The van der Waals surface area contributed by atoms with Crippen LogP contribution in [0.2, 0.25) is 0 Å². The molecule has 49 heavy (non-hydrogen) atoms. The van der Waals surface area contributed by atoms with Crippen LogP contribution < -0.4 is 5.73 Å². The summed E-state index contributed by atoms with van der Waals surface area (Å²) in [5.74, 6) is -0.827. The SMILES string of the molecule is CCCCCCCCCCCCCCCCCCCCCCCCC(=O)OC(COC(=O)CCCCCCCC)COP(=O)(O)OCCN. The number of carbonyl (C=O) groups is 2. The van der Waals surface area contributed by atoms with Gasteiger partial charge in [-0.25, -0.2) is 4.57 Å². The van der Waals surface area contributed by atoms with E-state index in [1.807, 2.05) is 0 Å². The van der Waals surface area contributed by atoms with Gasteiger partial charge in [0.05, 0.1) is 13.2 Å². The summed E-state index contributed by atoms with van der Waals surface area (Å²) in [6, 6.07) is 0. The molecule has 0 rings (SSSR count). The molecule has 0 radical (unpaired) electrons. The predicted octanol–water partition coefficient (Wildman–Crippen LogP) is 11.3. The van der Waals surface area contributed by atoms with Gasteiger partial charge in [0.1, 0.15) is 6.61 Å². The van der Waals surface area contributed by atoms with Gasteiger partial charge < -0.3 is 20.1 Å². The standard InChI is InChI=1S/C39H78NO8P/c1-3-5-7-9-11-12-13-14-15-16-17-18-19-20-21-22-23-24-25-26-28-30-32-39(42)48-37(36-47-49(43,44)46-34-33-40)35-45-38(41)31-29-27-10-8-6-4-2/h37H,3-36,40H2,1-2H3,(H,43,44). The number of hydrogen-bond acceptors (Lipinski definition) is 8. The molecule has 0 aromatic rings. The average molecular weight is 720 g/mol. The maximum Gasteiger partial charge on any atom is 0.472 e. The zero-order valence-corrected chi connectivity index (χ0v) is 32.8. The molecule has 0 bridgehead atoms. The Morgan fingerprint density at radius 1 is 0.531 bits per heavy atom. The Morgan fingerprint density at radius 2 is 0.878 bits per heavy atom. The van der Waals surface area contributed by atoms with Gasteiger partial charge in [-0.2, -0.15) is 0 Å². The molecule has 2 unspecified atom stereocenters. The molecule has 0 spiro atoms. The minimum Gasteiger partial charge on any atom is -0.462 e. The quantitative estimate of drug-likeness (QED) is 0.0361. The summed E-state index contributed by atoms with van der Waals surface area (Å²) >= 11 is 0. The molecule has 0 aliphatic heterocycles. The van der Waals surface area contributed by atoms with Gasteiger partial charge in [-0.15, -0.1) is 0 Å². The number of carbonyl (C=O) groups excluding carboxylic acids is 2. The Hall–Kier alpha value is -0.990. The molecule has 0 aromatic carbocycles. The lowest BCUT2D eigenvalue weighted by Crippen LogP contribution is -2.29. The van der Waals surface area contributed by atoms with Crippen molar-refractivity contribution >= 4 is 19.8 Å². The topological polar surface area (TPSA) is 134 Å². The average Bonchev–Trinajstić information content (AvgIpc) is 3.08. The maximum atomic E-state index is 12.5. The molecule has 0 saturated carbocycles. The van der Waals surface area contributed by atoms with Crippen molar-refractivity contribution in [2.24, 2.45) is 5.73 Å². The van der Waals surface area contributed by atoms with E-state index in [2.05, 4.69) is 13.8 Å². The lowest BCUT2D eigenvalue weighted by Gasteiger charge is -2.19. The first-order valence-electron chi connectivity index (χ1n) is 20.5. The molecular weight excluding hydrogens is 641 g/mol. The van der Waals surface area contributed by atoms with Crippen molar-refractivity contribution in [1.82, 2.24) is 0 Å². The van der Waals surface area contributed by atoms with Gasteiger partial charge in [0.2, 0.25) is 0 Å². The zero-order chi connectivity index (χ0) is 36.1. The second-order valence-electron chi connectivity index (χ2n) is 13.9. The van der Waals surface area contributed by atoms with Gasteiger partial charge in [-0.05, 0) is 12.8 Å². The van der Waals surface area contributed by atoms with Crippen LogP contribution in [0.25, 0.3) is 0 Å². The number of phosphoric acid groups is 1. The van der Waals surface area contributed by atoms with Crippen LogP contribution >= 0.6 is 7.82 Å². The fourth-order valence-corrected chi connectivity index (χ4v) is 6.69. The summed E-state index contributed by atoms with van der Waals surface area (Å²) in [6.07, 6.45) is 34.6. The van der Waals surface area contributed by atoms with Crippen molar-refractivity contribution in [3.8, 4) is 0 Å². The van der Waals surface area contributed by atoms with E-state index >= 15 is 0 Å². The van der Waals surface area contributed by atoms with Gasteiger partial charge in [0, 0.05) is 19.4 Å². The highest BCUT2D eigenvalue weighted by atomic mass is 31.2. The third-order valence-electron chi connectivity index (χ3n) is 8.99. The Morgan fingerprint density at radius 3 is 1.24 bits per heavy atom. The predicted molar refractivity (Wildman–Crippen MR) is 201 cm³/mol. The lowest BCUT2D eigenvalue weighted by atomic mass is 10.0. The summed E-state index contributed by atoms with van der Waals surface area (Å²) in [5, 5.41) is 0. The van der Waals surface area contributed by atoms with E-state index in [-0.39, 0.29) is 38.6 Å².